The molecule has 0 aliphatic rings. The lowest BCUT2D eigenvalue weighted by Gasteiger charge is -2.05. The third kappa shape index (κ3) is 2.73. The van der Waals surface area contributed by atoms with Gasteiger partial charge in [0.15, 0.2) is 11.5 Å². The van der Waals surface area contributed by atoms with E-state index in [4.69, 9.17) is 4.74 Å². The summed E-state index contributed by atoms with van der Waals surface area (Å²) in [6.07, 6.45) is 0. The van der Waals surface area contributed by atoms with Crippen LogP contribution in [0.5, 0.6) is 11.5 Å². The molecule has 0 bridgehead atoms. The Kier molecular flexibility index (Phi) is 3.28. The maximum Gasteiger partial charge on any atom is 0.161 e. The van der Waals surface area contributed by atoms with Crippen molar-refractivity contribution in [3.8, 4) is 11.5 Å². The summed E-state index contributed by atoms with van der Waals surface area (Å²) in [5, 5.41) is 11.5. The minimum atomic E-state index is 0.173. The zero-order chi connectivity index (χ0) is 10.7. The molecule has 2 rings (SSSR count). The van der Waals surface area contributed by atoms with Crippen LogP contribution < -0.4 is 4.74 Å². The lowest BCUT2D eigenvalue weighted by molar-refractivity contribution is 0.289. The molecular weight excluding hydrogens is 276 g/mol. The summed E-state index contributed by atoms with van der Waals surface area (Å²) in [7, 11) is 0. The van der Waals surface area contributed by atoms with Crippen LogP contribution in [0.1, 0.15) is 5.56 Å². The maximum atomic E-state index is 9.46. The first-order valence-corrected chi connectivity index (χ1v) is 6.06. The van der Waals surface area contributed by atoms with Crippen LogP contribution in [0.25, 0.3) is 0 Å². The van der Waals surface area contributed by atoms with E-state index in [-0.39, 0.29) is 5.75 Å². The minimum Gasteiger partial charge on any atom is -0.504 e. The van der Waals surface area contributed by atoms with Crippen LogP contribution in [-0.2, 0) is 6.61 Å². The molecule has 0 aliphatic carbocycles. The molecule has 4 heteroatoms. The summed E-state index contributed by atoms with van der Waals surface area (Å²) in [5.74, 6) is 0.687. The predicted octanol–water partition coefficient (Wildman–Crippen LogP) is 3.80. The summed E-state index contributed by atoms with van der Waals surface area (Å²) in [4.78, 5) is 0. The van der Waals surface area contributed by atoms with Gasteiger partial charge in [-0.05, 0) is 39.5 Å². The standard InChI is InChI=1S/C11H9BrO2S/c12-11-5-8(7-15-11)6-14-10-4-2-1-3-9(10)13/h1-5,7,13H,6H2. The van der Waals surface area contributed by atoms with E-state index >= 15 is 0 Å². The number of ether oxygens (including phenoxy) is 1. The molecule has 1 N–H and O–H groups in total. The molecule has 0 saturated heterocycles. The number of thiophene rings is 1. The van der Waals surface area contributed by atoms with Gasteiger partial charge < -0.3 is 9.84 Å². The van der Waals surface area contributed by atoms with Crippen LogP contribution in [0, 0.1) is 0 Å². The fraction of sp³-hybridized carbons (Fsp3) is 0.0909. The Morgan fingerprint density at radius 2 is 2.13 bits per heavy atom. The van der Waals surface area contributed by atoms with E-state index in [1.165, 1.54) is 0 Å². The van der Waals surface area contributed by atoms with Gasteiger partial charge in [-0.15, -0.1) is 11.3 Å². The molecule has 1 aromatic heterocycles. The van der Waals surface area contributed by atoms with Crippen LogP contribution in [-0.4, -0.2) is 5.11 Å². The second-order valence-electron chi connectivity index (χ2n) is 3.02. The van der Waals surface area contributed by atoms with Gasteiger partial charge in [0.2, 0.25) is 0 Å². The fourth-order valence-electron chi connectivity index (χ4n) is 1.16. The molecule has 15 heavy (non-hydrogen) atoms. The van der Waals surface area contributed by atoms with E-state index < -0.39 is 0 Å². The molecule has 78 valence electrons. The van der Waals surface area contributed by atoms with Gasteiger partial charge in [0, 0.05) is 5.56 Å². The van der Waals surface area contributed by atoms with Crippen LogP contribution in [0.15, 0.2) is 39.5 Å². The highest BCUT2D eigenvalue weighted by molar-refractivity contribution is 9.11. The highest BCUT2D eigenvalue weighted by atomic mass is 79.9. The smallest absolute Gasteiger partial charge is 0.161 e. The Bertz CT molecular complexity index is 453. The van der Waals surface area contributed by atoms with Crippen LogP contribution in [0.3, 0.4) is 0 Å². The topological polar surface area (TPSA) is 29.5 Å². The summed E-state index contributed by atoms with van der Waals surface area (Å²) < 4.78 is 6.55. The number of phenolic OH excluding ortho intramolecular Hbond substituents is 1. The van der Waals surface area contributed by atoms with Gasteiger partial charge in [0.05, 0.1) is 3.79 Å². The summed E-state index contributed by atoms with van der Waals surface area (Å²) >= 11 is 5.00. The number of halogens is 1. The average molecular weight is 285 g/mol. The van der Waals surface area contributed by atoms with Gasteiger partial charge in [-0.3, -0.25) is 0 Å². The van der Waals surface area contributed by atoms with Crippen molar-refractivity contribution >= 4 is 27.3 Å². The third-order valence-corrected chi connectivity index (χ3v) is 3.43. The number of phenols is 1. The van der Waals surface area contributed by atoms with E-state index in [2.05, 4.69) is 15.9 Å². The van der Waals surface area contributed by atoms with Crippen molar-refractivity contribution in [2.75, 3.05) is 0 Å². The van der Waals surface area contributed by atoms with E-state index in [1.807, 2.05) is 17.5 Å². The van der Waals surface area contributed by atoms with Crippen molar-refractivity contribution in [2.24, 2.45) is 0 Å². The van der Waals surface area contributed by atoms with Gasteiger partial charge in [0.1, 0.15) is 6.61 Å². The van der Waals surface area contributed by atoms with Gasteiger partial charge in [-0.25, -0.2) is 0 Å². The first-order chi connectivity index (χ1) is 7.25. The van der Waals surface area contributed by atoms with Crippen LogP contribution in [0.2, 0.25) is 0 Å². The van der Waals surface area contributed by atoms with Gasteiger partial charge in [-0.2, -0.15) is 0 Å². The molecule has 1 aromatic carbocycles. The van der Waals surface area contributed by atoms with E-state index in [0.29, 0.717) is 12.4 Å². The molecule has 0 amide bonds. The molecular formula is C11H9BrO2S. The molecule has 0 spiro atoms. The van der Waals surface area contributed by atoms with Crippen molar-refractivity contribution in [2.45, 2.75) is 6.61 Å². The molecule has 0 atom stereocenters. The Labute approximate surface area is 100 Å². The minimum absolute atomic E-state index is 0.173. The second-order valence-corrected chi connectivity index (χ2v) is 5.31. The first kappa shape index (κ1) is 10.5. The summed E-state index contributed by atoms with van der Waals surface area (Å²) in [5.41, 5.74) is 1.09. The highest BCUT2D eigenvalue weighted by Gasteiger charge is 2.02. The lowest BCUT2D eigenvalue weighted by Crippen LogP contribution is -1.93. The first-order valence-electron chi connectivity index (χ1n) is 4.39. The number of benzene rings is 1. The quantitative estimate of drug-likeness (QED) is 0.929. The van der Waals surface area contributed by atoms with Crippen molar-refractivity contribution in [3.05, 3.63) is 45.1 Å². The van der Waals surface area contributed by atoms with Crippen LogP contribution in [0.4, 0.5) is 0 Å². The van der Waals surface area contributed by atoms with Crippen molar-refractivity contribution in [3.63, 3.8) is 0 Å². The molecule has 0 radical (unpaired) electrons. The molecule has 2 aromatic rings. The highest BCUT2D eigenvalue weighted by Crippen LogP contribution is 2.27. The average Bonchev–Trinajstić information content (AvgIpc) is 2.63. The molecule has 0 aliphatic heterocycles. The number of para-hydroxylation sites is 2. The predicted molar refractivity (Wildman–Crippen MR) is 64.5 cm³/mol. The van der Waals surface area contributed by atoms with Crippen molar-refractivity contribution in [1.82, 2.24) is 0 Å². The number of hydrogen-bond acceptors (Lipinski definition) is 3. The summed E-state index contributed by atoms with van der Waals surface area (Å²) in [6, 6.07) is 8.96. The van der Waals surface area contributed by atoms with E-state index in [9.17, 15) is 5.11 Å². The Morgan fingerprint density at radius 3 is 2.80 bits per heavy atom. The number of aromatic hydroxyl groups is 1. The molecule has 0 saturated carbocycles. The maximum absolute atomic E-state index is 9.46. The Hall–Kier alpha value is -1.00. The van der Waals surface area contributed by atoms with Gasteiger partial charge in [0.25, 0.3) is 0 Å². The third-order valence-electron chi connectivity index (χ3n) is 1.88. The second kappa shape index (κ2) is 4.68. The number of rotatable bonds is 3. The van der Waals surface area contributed by atoms with Gasteiger partial charge >= 0.3 is 0 Å². The largest absolute Gasteiger partial charge is 0.504 e. The van der Waals surface area contributed by atoms with Crippen molar-refractivity contribution in [1.29, 1.82) is 0 Å². The zero-order valence-electron chi connectivity index (χ0n) is 7.81. The van der Waals surface area contributed by atoms with Crippen LogP contribution >= 0.6 is 27.3 Å². The SMILES string of the molecule is Oc1ccccc1OCc1csc(Br)c1. The zero-order valence-corrected chi connectivity index (χ0v) is 10.2. The van der Waals surface area contributed by atoms with Crippen molar-refractivity contribution < 1.29 is 9.84 Å². The monoisotopic (exact) mass is 284 g/mol. The molecule has 0 unspecified atom stereocenters. The molecule has 1 heterocycles. The van der Waals surface area contributed by atoms with Gasteiger partial charge in [-0.1, -0.05) is 12.1 Å². The lowest BCUT2D eigenvalue weighted by atomic mass is 10.3. The molecule has 0 fully saturated rings. The normalized spacial score (nSPS) is 10.2. The molecule has 2 nitrogen and oxygen atoms in total. The van der Waals surface area contributed by atoms with E-state index in [1.54, 1.807) is 29.5 Å². The Morgan fingerprint density at radius 1 is 1.33 bits per heavy atom. The van der Waals surface area contributed by atoms with E-state index in [0.717, 1.165) is 9.35 Å². The fourth-order valence-corrected chi connectivity index (χ4v) is 2.36. The Balaban J connectivity index is 2.02. The number of hydrogen-bond donors (Lipinski definition) is 1. The summed E-state index contributed by atoms with van der Waals surface area (Å²) in [6.45, 7) is 0.472.